The molecule has 0 fully saturated rings. The minimum atomic E-state index is 0.163. The van der Waals surface area contributed by atoms with Crippen LogP contribution in [0, 0.1) is 6.29 Å². The minimum Gasteiger partial charge on any atom is -0.446 e. The molecule has 0 aliphatic carbocycles. The highest BCUT2D eigenvalue weighted by atomic mass is 16.7. The molecule has 62 valence electrons. The Labute approximate surface area is 70.9 Å². The van der Waals surface area contributed by atoms with Crippen LogP contribution in [-0.4, -0.2) is 6.47 Å². The lowest BCUT2D eigenvalue weighted by molar-refractivity contribution is 0.119. The molecule has 0 aliphatic rings. The summed E-state index contributed by atoms with van der Waals surface area (Å²) in [6.45, 7) is 2.82. The van der Waals surface area contributed by atoms with Crippen LogP contribution in [0.4, 0.5) is 0 Å². The van der Waals surface area contributed by atoms with E-state index in [2.05, 4.69) is 4.74 Å². The molecule has 0 aliphatic heterocycles. The topological polar surface area (TPSA) is 35.5 Å². The SMILES string of the molecule is C[C](O[C]=O)Oc1ccccc1. The molecule has 3 nitrogen and oxygen atoms in total. The van der Waals surface area contributed by atoms with Gasteiger partial charge in [0.25, 0.3) is 0 Å². The van der Waals surface area contributed by atoms with Gasteiger partial charge in [-0.25, -0.2) is 4.79 Å². The van der Waals surface area contributed by atoms with E-state index in [4.69, 9.17) is 4.74 Å². The van der Waals surface area contributed by atoms with Gasteiger partial charge in [-0.3, -0.25) is 0 Å². The average Bonchev–Trinajstić information content (AvgIpc) is 2.06. The first-order chi connectivity index (χ1) is 5.83. The molecule has 0 N–H and O–H groups in total. The third kappa shape index (κ3) is 2.62. The first-order valence-corrected chi connectivity index (χ1v) is 3.43. The van der Waals surface area contributed by atoms with Gasteiger partial charge in [0.1, 0.15) is 5.75 Å². The van der Waals surface area contributed by atoms with Crippen molar-refractivity contribution in [2.45, 2.75) is 6.92 Å². The number of rotatable bonds is 4. The van der Waals surface area contributed by atoms with Gasteiger partial charge in [-0.1, -0.05) is 18.2 Å². The third-order valence-electron chi connectivity index (χ3n) is 1.19. The lowest BCUT2D eigenvalue weighted by Crippen LogP contribution is -2.05. The summed E-state index contributed by atoms with van der Waals surface area (Å²) in [4.78, 5) is 9.76. The van der Waals surface area contributed by atoms with Crippen molar-refractivity contribution < 1.29 is 14.3 Å². The summed E-state index contributed by atoms with van der Waals surface area (Å²) in [5, 5.41) is 0. The molecule has 0 atom stereocenters. The molecular formula is C9H8O3. The molecular weight excluding hydrogens is 156 g/mol. The lowest BCUT2D eigenvalue weighted by atomic mass is 10.3. The monoisotopic (exact) mass is 164 g/mol. The van der Waals surface area contributed by atoms with E-state index < -0.39 is 0 Å². The van der Waals surface area contributed by atoms with Crippen LogP contribution in [0.2, 0.25) is 0 Å². The van der Waals surface area contributed by atoms with E-state index in [-0.39, 0.29) is 6.29 Å². The van der Waals surface area contributed by atoms with Crippen molar-refractivity contribution in [3.05, 3.63) is 36.6 Å². The Bertz CT molecular complexity index is 233. The Balaban J connectivity index is 2.46. The summed E-state index contributed by atoms with van der Waals surface area (Å²) in [6.07, 6.45) is 0.163. The Morgan fingerprint density at radius 1 is 1.33 bits per heavy atom. The van der Waals surface area contributed by atoms with Gasteiger partial charge in [-0.2, -0.15) is 0 Å². The van der Waals surface area contributed by atoms with E-state index in [1.165, 1.54) is 13.4 Å². The Morgan fingerprint density at radius 2 is 2.00 bits per heavy atom. The second-order valence-corrected chi connectivity index (χ2v) is 2.09. The quantitative estimate of drug-likeness (QED) is 0.678. The van der Waals surface area contributed by atoms with E-state index in [1.807, 2.05) is 18.2 Å². The summed E-state index contributed by atoms with van der Waals surface area (Å²) >= 11 is 0. The summed E-state index contributed by atoms with van der Waals surface area (Å²) in [5.41, 5.74) is 0. The van der Waals surface area contributed by atoms with Crippen LogP contribution in [-0.2, 0) is 9.53 Å². The molecule has 12 heavy (non-hydrogen) atoms. The molecule has 0 unspecified atom stereocenters. The fraction of sp³-hybridized carbons (Fsp3) is 0.111. The number of benzene rings is 1. The highest BCUT2D eigenvalue weighted by Gasteiger charge is 2.05. The first-order valence-electron chi connectivity index (χ1n) is 3.43. The summed E-state index contributed by atoms with van der Waals surface area (Å²) in [6, 6.07) is 9.05. The lowest BCUT2D eigenvalue weighted by Gasteiger charge is -2.08. The molecule has 0 bridgehead atoms. The molecule has 1 aromatic carbocycles. The number of carbonyl (C=O) groups excluding carboxylic acids is 1. The van der Waals surface area contributed by atoms with Crippen LogP contribution in [0.5, 0.6) is 5.75 Å². The molecule has 0 amide bonds. The van der Waals surface area contributed by atoms with Crippen LogP contribution in [0.15, 0.2) is 30.3 Å². The van der Waals surface area contributed by atoms with Gasteiger partial charge in [0.2, 0.25) is 0 Å². The highest BCUT2D eigenvalue weighted by Crippen LogP contribution is 2.13. The van der Waals surface area contributed by atoms with Crippen molar-refractivity contribution in [3.63, 3.8) is 0 Å². The van der Waals surface area contributed by atoms with Gasteiger partial charge < -0.3 is 9.47 Å². The van der Waals surface area contributed by atoms with Gasteiger partial charge in [0, 0.05) is 6.92 Å². The van der Waals surface area contributed by atoms with E-state index in [0.29, 0.717) is 5.75 Å². The fourth-order valence-corrected chi connectivity index (χ4v) is 0.734. The standard InChI is InChI=1S/C9H8O3/c1-8(11-7-10)12-9-5-3-2-4-6-9/h2-6H,1H3. The van der Waals surface area contributed by atoms with E-state index >= 15 is 0 Å². The van der Waals surface area contributed by atoms with Crippen molar-refractivity contribution in [2.75, 3.05) is 0 Å². The predicted octanol–water partition coefficient (Wildman–Crippen LogP) is 1.66. The maximum Gasteiger partial charge on any atom is 0.421 e. The second-order valence-electron chi connectivity index (χ2n) is 2.09. The minimum absolute atomic E-state index is 0.163. The van der Waals surface area contributed by atoms with Crippen LogP contribution in [0.3, 0.4) is 0 Å². The molecule has 0 saturated carbocycles. The van der Waals surface area contributed by atoms with Crippen molar-refractivity contribution >= 4 is 6.47 Å². The van der Waals surface area contributed by atoms with E-state index in [9.17, 15) is 4.79 Å². The van der Waals surface area contributed by atoms with Crippen LogP contribution in [0.1, 0.15) is 6.92 Å². The molecule has 0 spiro atoms. The van der Waals surface area contributed by atoms with Crippen molar-refractivity contribution in [1.82, 2.24) is 0 Å². The third-order valence-corrected chi connectivity index (χ3v) is 1.19. The summed E-state index contributed by atoms with van der Waals surface area (Å²) < 4.78 is 9.42. The van der Waals surface area contributed by atoms with Crippen LogP contribution in [0.25, 0.3) is 0 Å². The maximum absolute atomic E-state index is 9.76. The van der Waals surface area contributed by atoms with Crippen molar-refractivity contribution in [1.29, 1.82) is 0 Å². The van der Waals surface area contributed by atoms with E-state index in [0.717, 1.165) is 0 Å². The summed E-state index contributed by atoms with van der Waals surface area (Å²) in [5.74, 6) is 0.630. The average molecular weight is 164 g/mol. The van der Waals surface area contributed by atoms with Crippen molar-refractivity contribution in [3.8, 4) is 5.75 Å². The molecule has 2 radical (unpaired) electrons. The van der Waals surface area contributed by atoms with E-state index in [1.54, 1.807) is 12.1 Å². The number of ether oxygens (including phenoxy) is 2. The Morgan fingerprint density at radius 3 is 2.58 bits per heavy atom. The van der Waals surface area contributed by atoms with Gasteiger partial charge in [-0.15, -0.1) is 0 Å². The normalized spacial score (nSPS) is 9.50. The van der Waals surface area contributed by atoms with Gasteiger partial charge in [0.15, 0.2) is 0 Å². The predicted molar refractivity (Wildman–Crippen MR) is 42.8 cm³/mol. The largest absolute Gasteiger partial charge is 0.446 e. The Hall–Kier alpha value is -1.51. The first kappa shape index (κ1) is 8.59. The number of hydrogen-bond donors (Lipinski definition) is 0. The van der Waals surface area contributed by atoms with Crippen molar-refractivity contribution in [2.24, 2.45) is 0 Å². The van der Waals surface area contributed by atoms with Gasteiger partial charge in [0.05, 0.1) is 0 Å². The second kappa shape index (κ2) is 4.38. The number of hydrogen-bond acceptors (Lipinski definition) is 3. The molecule has 0 heterocycles. The molecule has 0 aromatic heterocycles. The zero-order chi connectivity index (χ0) is 8.81. The molecule has 1 rings (SSSR count). The Kier molecular flexibility index (Phi) is 3.14. The zero-order valence-electron chi connectivity index (χ0n) is 6.61. The summed E-state index contributed by atoms with van der Waals surface area (Å²) in [7, 11) is 0. The van der Waals surface area contributed by atoms with Gasteiger partial charge >= 0.3 is 12.8 Å². The molecule has 1 aromatic rings. The van der Waals surface area contributed by atoms with Crippen LogP contribution >= 0.6 is 0 Å². The number of para-hydroxylation sites is 1. The highest BCUT2D eigenvalue weighted by molar-refractivity contribution is 5.39. The molecule has 3 heteroatoms. The van der Waals surface area contributed by atoms with Gasteiger partial charge in [-0.05, 0) is 12.1 Å². The van der Waals surface area contributed by atoms with Crippen LogP contribution < -0.4 is 4.74 Å². The zero-order valence-corrected chi connectivity index (χ0v) is 6.61. The molecule has 0 saturated heterocycles. The smallest absolute Gasteiger partial charge is 0.421 e. The fourth-order valence-electron chi connectivity index (χ4n) is 0.734. The maximum atomic E-state index is 9.76.